The molecule has 0 saturated carbocycles. The van der Waals surface area contributed by atoms with E-state index in [1.807, 2.05) is 14.1 Å². The summed E-state index contributed by atoms with van der Waals surface area (Å²) >= 11 is 0. The highest BCUT2D eigenvalue weighted by molar-refractivity contribution is 5.68. The van der Waals surface area contributed by atoms with Crippen LogP contribution in [0.2, 0.25) is 0 Å². The number of carbonyl (C=O) groups excluding carboxylic acids is 1. The van der Waals surface area contributed by atoms with Crippen molar-refractivity contribution in [3.8, 4) is 5.75 Å². The van der Waals surface area contributed by atoms with Gasteiger partial charge in [-0.05, 0) is 38.1 Å². The second-order valence-electron chi connectivity index (χ2n) is 5.91. The number of nitrogens with zero attached hydrogens (tertiary/aromatic N) is 2. The third-order valence-corrected chi connectivity index (χ3v) is 2.57. The minimum atomic E-state index is -0.530. The quantitative estimate of drug-likeness (QED) is 0.645. The number of rotatable bonds is 6. The summed E-state index contributed by atoms with van der Waals surface area (Å²) in [5.74, 6) is 0.520. The zero-order valence-electron chi connectivity index (χ0n) is 13.7. The average molecular weight is 309 g/mol. The second kappa shape index (κ2) is 7.63. The fraction of sp³-hybridized carbons (Fsp3) is 0.533. The first-order chi connectivity index (χ1) is 10.2. The summed E-state index contributed by atoms with van der Waals surface area (Å²) in [5, 5.41) is 5.58. The molecule has 1 N–H and O–H groups in total. The fourth-order valence-corrected chi connectivity index (χ4v) is 1.68. The summed E-state index contributed by atoms with van der Waals surface area (Å²) in [7, 11) is 3.66. The topological polar surface area (TPSA) is 80.2 Å². The maximum atomic E-state index is 11.4. The van der Waals surface area contributed by atoms with E-state index in [-0.39, 0.29) is 6.61 Å². The molecule has 1 aromatic rings. The summed E-state index contributed by atoms with van der Waals surface area (Å²) in [6.45, 7) is 5.95. The predicted molar refractivity (Wildman–Crippen MR) is 86.0 cm³/mol. The Morgan fingerprint density at radius 3 is 2.55 bits per heavy atom. The van der Waals surface area contributed by atoms with E-state index >= 15 is 0 Å². The predicted octanol–water partition coefficient (Wildman–Crippen LogP) is 3.05. The fourth-order valence-electron chi connectivity index (χ4n) is 1.68. The van der Waals surface area contributed by atoms with Crippen LogP contribution in [0.3, 0.4) is 0 Å². The van der Waals surface area contributed by atoms with Gasteiger partial charge in [0.1, 0.15) is 23.6 Å². The van der Waals surface area contributed by atoms with E-state index in [0.29, 0.717) is 23.7 Å². The van der Waals surface area contributed by atoms with Crippen LogP contribution >= 0.6 is 0 Å². The van der Waals surface area contributed by atoms with Gasteiger partial charge in [0.05, 0.1) is 12.2 Å². The number of amides is 1. The molecule has 1 rings (SSSR count). The lowest BCUT2D eigenvalue weighted by Gasteiger charge is -2.19. The van der Waals surface area contributed by atoms with Crippen molar-refractivity contribution in [3.63, 3.8) is 0 Å². The number of alkyl carbamates (subject to hydrolysis) is 1. The number of nitrogens with one attached hydrogen (secondary N) is 1. The molecular formula is C15H23N3O4. The van der Waals surface area contributed by atoms with Crippen LogP contribution in [0.15, 0.2) is 23.4 Å². The number of ether oxygens (including phenoxy) is 2. The lowest BCUT2D eigenvalue weighted by Crippen LogP contribution is -2.34. The molecule has 7 heteroatoms. The van der Waals surface area contributed by atoms with Gasteiger partial charge in [0, 0.05) is 20.2 Å². The van der Waals surface area contributed by atoms with Gasteiger partial charge in [-0.25, -0.2) is 4.79 Å². The lowest BCUT2D eigenvalue weighted by atomic mass is 10.2. The first-order valence-electron chi connectivity index (χ1n) is 6.97. The van der Waals surface area contributed by atoms with E-state index in [1.54, 1.807) is 43.9 Å². The molecule has 1 aromatic carbocycles. The number of anilines is 1. The van der Waals surface area contributed by atoms with Gasteiger partial charge in [0.2, 0.25) is 0 Å². The van der Waals surface area contributed by atoms with E-state index in [2.05, 4.69) is 10.5 Å². The van der Waals surface area contributed by atoms with E-state index in [1.165, 1.54) is 0 Å². The van der Waals surface area contributed by atoms with Crippen LogP contribution in [0, 0.1) is 4.91 Å². The van der Waals surface area contributed by atoms with Crippen molar-refractivity contribution in [3.05, 3.63) is 23.1 Å². The smallest absolute Gasteiger partial charge is 0.407 e. The van der Waals surface area contributed by atoms with Gasteiger partial charge in [-0.3, -0.25) is 0 Å². The SMILES string of the molecule is CN(C)c1ccc(OCCNC(=O)OC(C)(C)C)cc1N=O. The Bertz CT molecular complexity index is 524. The summed E-state index contributed by atoms with van der Waals surface area (Å²) in [6, 6.07) is 5.07. The maximum Gasteiger partial charge on any atom is 0.407 e. The molecular weight excluding hydrogens is 286 g/mol. The van der Waals surface area contributed by atoms with Crippen molar-refractivity contribution in [2.45, 2.75) is 26.4 Å². The van der Waals surface area contributed by atoms with Crippen LogP contribution in [0.25, 0.3) is 0 Å². The lowest BCUT2D eigenvalue weighted by molar-refractivity contribution is 0.0520. The summed E-state index contributed by atoms with van der Waals surface area (Å²) in [5.41, 5.74) is 0.495. The molecule has 1 amide bonds. The molecule has 22 heavy (non-hydrogen) atoms. The second-order valence-corrected chi connectivity index (χ2v) is 5.91. The van der Waals surface area contributed by atoms with Crippen molar-refractivity contribution >= 4 is 17.5 Å². The molecule has 0 atom stereocenters. The highest BCUT2D eigenvalue weighted by Gasteiger charge is 2.15. The molecule has 0 aliphatic rings. The van der Waals surface area contributed by atoms with E-state index in [4.69, 9.17) is 9.47 Å². The first kappa shape index (κ1) is 17.7. The van der Waals surface area contributed by atoms with Gasteiger partial charge < -0.3 is 19.7 Å². The monoisotopic (exact) mass is 309 g/mol. The molecule has 7 nitrogen and oxygen atoms in total. The number of carbonyl (C=O) groups is 1. The molecule has 0 fully saturated rings. The van der Waals surface area contributed by atoms with Crippen molar-refractivity contribution in [1.29, 1.82) is 0 Å². The Kier molecular flexibility index (Phi) is 6.15. The van der Waals surface area contributed by atoms with E-state index < -0.39 is 11.7 Å². The third kappa shape index (κ3) is 5.99. The molecule has 0 spiro atoms. The third-order valence-electron chi connectivity index (χ3n) is 2.57. The largest absolute Gasteiger partial charge is 0.492 e. The maximum absolute atomic E-state index is 11.4. The van der Waals surface area contributed by atoms with Gasteiger partial charge in [0.25, 0.3) is 0 Å². The normalized spacial score (nSPS) is 10.8. The Balaban J connectivity index is 2.46. The molecule has 0 aromatic heterocycles. The van der Waals surface area contributed by atoms with Crippen molar-refractivity contribution in [2.24, 2.45) is 5.18 Å². The first-order valence-corrected chi connectivity index (χ1v) is 6.97. The van der Waals surface area contributed by atoms with E-state index in [9.17, 15) is 9.70 Å². The highest BCUT2D eigenvalue weighted by atomic mass is 16.6. The number of benzene rings is 1. The highest BCUT2D eigenvalue weighted by Crippen LogP contribution is 2.31. The average Bonchev–Trinajstić information content (AvgIpc) is 2.41. The van der Waals surface area contributed by atoms with Crippen LogP contribution < -0.4 is 15.0 Å². The summed E-state index contributed by atoms with van der Waals surface area (Å²) < 4.78 is 10.6. The summed E-state index contributed by atoms with van der Waals surface area (Å²) in [6.07, 6.45) is -0.491. The molecule has 0 heterocycles. The minimum absolute atomic E-state index is 0.263. The van der Waals surface area contributed by atoms with Crippen LogP contribution in [0.1, 0.15) is 20.8 Å². The Morgan fingerprint density at radius 2 is 2.00 bits per heavy atom. The van der Waals surface area contributed by atoms with Gasteiger partial charge >= 0.3 is 6.09 Å². The number of hydrogen-bond acceptors (Lipinski definition) is 6. The van der Waals surface area contributed by atoms with Gasteiger partial charge in [-0.1, -0.05) is 0 Å². The molecule has 0 unspecified atom stereocenters. The zero-order chi connectivity index (χ0) is 16.8. The summed E-state index contributed by atoms with van der Waals surface area (Å²) in [4.78, 5) is 24.1. The Hall–Kier alpha value is -2.31. The molecule has 122 valence electrons. The Morgan fingerprint density at radius 1 is 1.32 bits per heavy atom. The molecule has 0 bridgehead atoms. The standard InChI is InChI=1S/C15H23N3O4/c1-15(2,3)22-14(19)16-8-9-21-11-6-7-13(18(4)5)12(10-11)17-20/h6-7,10H,8-9H2,1-5H3,(H,16,19). The number of nitroso groups, excluding NO2 is 1. The van der Waals surface area contributed by atoms with Crippen molar-refractivity contribution in [1.82, 2.24) is 5.32 Å². The molecule has 0 radical (unpaired) electrons. The molecule has 0 aliphatic carbocycles. The van der Waals surface area contributed by atoms with Crippen LogP contribution in [0.5, 0.6) is 5.75 Å². The van der Waals surface area contributed by atoms with Crippen molar-refractivity contribution in [2.75, 3.05) is 32.1 Å². The van der Waals surface area contributed by atoms with Gasteiger partial charge in [-0.2, -0.15) is 0 Å². The van der Waals surface area contributed by atoms with E-state index in [0.717, 1.165) is 0 Å². The Labute approximate surface area is 130 Å². The number of hydrogen-bond donors (Lipinski definition) is 1. The van der Waals surface area contributed by atoms with Gasteiger partial charge in [-0.15, -0.1) is 4.91 Å². The van der Waals surface area contributed by atoms with Crippen LogP contribution in [-0.4, -0.2) is 38.9 Å². The van der Waals surface area contributed by atoms with Crippen LogP contribution in [-0.2, 0) is 4.74 Å². The van der Waals surface area contributed by atoms with Crippen molar-refractivity contribution < 1.29 is 14.3 Å². The zero-order valence-corrected chi connectivity index (χ0v) is 13.7. The van der Waals surface area contributed by atoms with Gasteiger partial charge in [0.15, 0.2) is 0 Å². The molecule has 0 aliphatic heterocycles. The minimum Gasteiger partial charge on any atom is -0.492 e. The van der Waals surface area contributed by atoms with Crippen LogP contribution in [0.4, 0.5) is 16.2 Å². The molecule has 0 saturated heterocycles.